The van der Waals surface area contributed by atoms with Gasteiger partial charge in [-0.05, 0) is 39.5 Å². The van der Waals surface area contributed by atoms with E-state index in [9.17, 15) is 4.79 Å². The zero-order chi connectivity index (χ0) is 14.5. The van der Waals surface area contributed by atoms with Gasteiger partial charge >= 0.3 is 5.97 Å². The summed E-state index contributed by atoms with van der Waals surface area (Å²) in [5, 5.41) is 0. The molecule has 0 aliphatic carbocycles. The van der Waals surface area contributed by atoms with Crippen LogP contribution in [-0.2, 0) is 9.53 Å². The van der Waals surface area contributed by atoms with Crippen LogP contribution < -0.4 is 0 Å². The van der Waals surface area contributed by atoms with Crippen LogP contribution in [0.4, 0.5) is 0 Å². The van der Waals surface area contributed by atoms with Crippen LogP contribution >= 0.6 is 0 Å². The summed E-state index contributed by atoms with van der Waals surface area (Å²) in [5.74, 6) is -0.248. The Morgan fingerprint density at radius 2 is 1.84 bits per heavy atom. The number of carbonyl (C=O) groups is 1. The molecule has 0 saturated carbocycles. The third-order valence-corrected chi connectivity index (χ3v) is 2.98. The van der Waals surface area contributed by atoms with Gasteiger partial charge in [0.05, 0.1) is 7.11 Å². The summed E-state index contributed by atoms with van der Waals surface area (Å²) in [4.78, 5) is 11.2. The first-order valence-electron chi connectivity index (χ1n) is 7.17. The molecule has 19 heavy (non-hydrogen) atoms. The number of hydrogen-bond acceptors (Lipinski definition) is 2. The summed E-state index contributed by atoms with van der Waals surface area (Å²) in [6, 6.07) is 0. The van der Waals surface area contributed by atoms with E-state index in [1.54, 1.807) is 6.92 Å². The molecular formula is C17H28O2. The molecule has 0 aromatic heterocycles. The zero-order valence-corrected chi connectivity index (χ0v) is 12.9. The number of ether oxygens (including phenoxy) is 1. The van der Waals surface area contributed by atoms with Crippen molar-refractivity contribution >= 4 is 5.97 Å². The van der Waals surface area contributed by atoms with E-state index in [-0.39, 0.29) is 5.97 Å². The third-order valence-electron chi connectivity index (χ3n) is 2.98. The fourth-order valence-corrected chi connectivity index (χ4v) is 1.66. The average Bonchev–Trinajstić information content (AvgIpc) is 2.41. The van der Waals surface area contributed by atoms with Crippen molar-refractivity contribution in [1.82, 2.24) is 0 Å². The fraction of sp³-hybridized carbons (Fsp3) is 0.588. The van der Waals surface area contributed by atoms with Crippen molar-refractivity contribution < 1.29 is 9.53 Å². The summed E-state index contributed by atoms with van der Waals surface area (Å²) in [5.41, 5.74) is 2.00. The summed E-state index contributed by atoms with van der Waals surface area (Å²) in [7, 11) is 1.41. The second-order valence-corrected chi connectivity index (χ2v) is 4.84. The average molecular weight is 264 g/mol. The van der Waals surface area contributed by atoms with Gasteiger partial charge in [0.15, 0.2) is 0 Å². The lowest BCUT2D eigenvalue weighted by Gasteiger charge is -1.98. The lowest BCUT2D eigenvalue weighted by molar-refractivity contribution is -0.136. The van der Waals surface area contributed by atoms with Gasteiger partial charge in [0.25, 0.3) is 0 Å². The molecule has 0 bridgehead atoms. The molecule has 0 rings (SSSR count). The first-order valence-corrected chi connectivity index (χ1v) is 7.17. The van der Waals surface area contributed by atoms with Crippen molar-refractivity contribution in [2.24, 2.45) is 0 Å². The van der Waals surface area contributed by atoms with Gasteiger partial charge in [0.2, 0.25) is 0 Å². The van der Waals surface area contributed by atoms with Gasteiger partial charge in [-0.25, -0.2) is 4.79 Å². The second-order valence-electron chi connectivity index (χ2n) is 4.84. The molecule has 0 radical (unpaired) electrons. The van der Waals surface area contributed by atoms with Crippen molar-refractivity contribution in [2.45, 2.75) is 59.3 Å². The van der Waals surface area contributed by atoms with E-state index in [0.717, 1.165) is 12.8 Å². The van der Waals surface area contributed by atoms with Gasteiger partial charge in [-0.1, -0.05) is 49.6 Å². The Kier molecular flexibility index (Phi) is 11.0. The number of esters is 1. The maximum Gasteiger partial charge on any atom is 0.333 e. The number of unbranched alkanes of at least 4 members (excludes halogenated alkanes) is 3. The minimum absolute atomic E-state index is 0.248. The summed E-state index contributed by atoms with van der Waals surface area (Å²) >= 11 is 0. The third kappa shape index (κ3) is 10.3. The van der Waals surface area contributed by atoms with E-state index < -0.39 is 0 Å². The summed E-state index contributed by atoms with van der Waals surface area (Å²) in [6.07, 6.45) is 15.4. The number of carbonyl (C=O) groups excluding carboxylic acids is 1. The fourth-order valence-electron chi connectivity index (χ4n) is 1.66. The molecule has 0 fully saturated rings. The molecule has 0 saturated heterocycles. The molecule has 0 N–H and O–H groups in total. The van der Waals surface area contributed by atoms with Crippen LogP contribution in [0.3, 0.4) is 0 Å². The van der Waals surface area contributed by atoms with Crippen LogP contribution in [0.1, 0.15) is 59.3 Å². The zero-order valence-electron chi connectivity index (χ0n) is 12.9. The highest BCUT2D eigenvalue weighted by atomic mass is 16.5. The van der Waals surface area contributed by atoms with Crippen molar-refractivity contribution in [3.05, 3.63) is 35.5 Å². The molecule has 0 aromatic rings. The molecule has 2 nitrogen and oxygen atoms in total. The first kappa shape index (κ1) is 17.7. The van der Waals surface area contributed by atoms with Crippen molar-refractivity contribution in [3.8, 4) is 0 Å². The molecule has 0 unspecified atom stereocenters. The van der Waals surface area contributed by atoms with Crippen LogP contribution in [0.5, 0.6) is 0 Å². The predicted octanol–water partition coefficient (Wildman–Crippen LogP) is 4.97. The molecule has 0 atom stereocenters. The Balaban J connectivity index is 3.91. The normalized spacial score (nSPS) is 13.1. The Morgan fingerprint density at radius 3 is 2.47 bits per heavy atom. The van der Waals surface area contributed by atoms with E-state index in [4.69, 9.17) is 0 Å². The smallest absolute Gasteiger partial charge is 0.333 e. The number of hydrogen-bond donors (Lipinski definition) is 0. The van der Waals surface area contributed by atoms with Gasteiger partial charge in [0, 0.05) is 5.57 Å². The second kappa shape index (κ2) is 11.8. The van der Waals surface area contributed by atoms with E-state index >= 15 is 0 Å². The first-order chi connectivity index (χ1) is 9.11. The molecule has 0 heterocycles. The van der Waals surface area contributed by atoms with Gasteiger partial charge in [-0.3, -0.25) is 0 Å². The molecule has 0 aliphatic rings. The standard InChI is InChI=1S/C17H28O2/c1-5-6-7-8-9-10-12-15(2)13-11-14-16(3)17(18)19-4/h9-10,13-14H,5-8,11-12H2,1-4H3/b10-9+,15-13+,16-14+. The quantitative estimate of drug-likeness (QED) is 0.254. The lowest BCUT2D eigenvalue weighted by atomic mass is 10.1. The van der Waals surface area contributed by atoms with Crippen molar-refractivity contribution in [2.75, 3.05) is 7.11 Å². The lowest BCUT2D eigenvalue weighted by Crippen LogP contribution is -2.00. The highest BCUT2D eigenvalue weighted by Crippen LogP contribution is 2.07. The molecule has 2 heteroatoms. The molecule has 108 valence electrons. The van der Waals surface area contributed by atoms with Gasteiger partial charge in [-0.2, -0.15) is 0 Å². The predicted molar refractivity (Wildman–Crippen MR) is 82.0 cm³/mol. The van der Waals surface area contributed by atoms with E-state index in [2.05, 4.69) is 36.8 Å². The summed E-state index contributed by atoms with van der Waals surface area (Å²) in [6.45, 7) is 6.13. The van der Waals surface area contributed by atoms with E-state index in [0.29, 0.717) is 5.57 Å². The number of methoxy groups -OCH3 is 1. The topological polar surface area (TPSA) is 26.3 Å². The van der Waals surface area contributed by atoms with Gasteiger partial charge in [0.1, 0.15) is 0 Å². The Bertz CT molecular complexity index is 335. The molecule has 0 aliphatic heterocycles. The van der Waals surface area contributed by atoms with Crippen molar-refractivity contribution in [1.29, 1.82) is 0 Å². The number of allylic oxidation sites excluding steroid dienone is 5. The minimum atomic E-state index is -0.248. The molecule has 0 spiro atoms. The maximum atomic E-state index is 11.2. The monoisotopic (exact) mass is 264 g/mol. The van der Waals surface area contributed by atoms with Gasteiger partial charge in [-0.15, -0.1) is 0 Å². The van der Waals surface area contributed by atoms with Crippen LogP contribution in [0, 0.1) is 0 Å². The van der Waals surface area contributed by atoms with Gasteiger partial charge < -0.3 is 4.74 Å². The maximum absolute atomic E-state index is 11.2. The van der Waals surface area contributed by atoms with Crippen LogP contribution in [0.25, 0.3) is 0 Å². The Morgan fingerprint density at radius 1 is 1.11 bits per heavy atom. The highest BCUT2D eigenvalue weighted by molar-refractivity contribution is 5.87. The number of rotatable bonds is 9. The van der Waals surface area contributed by atoms with Crippen LogP contribution in [0.2, 0.25) is 0 Å². The van der Waals surface area contributed by atoms with Crippen LogP contribution in [-0.4, -0.2) is 13.1 Å². The highest BCUT2D eigenvalue weighted by Gasteiger charge is 2.00. The Hall–Kier alpha value is -1.31. The summed E-state index contributed by atoms with van der Waals surface area (Å²) < 4.78 is 4.64. The molecule has 0 amide bonds. The largest absolute Gasteiger partial charge is 0.466 e. The van der Waals surface area contributed by atoms with Crippen LogP contribution in [0.15, 0.2) is 35.5 Å². The molecule has 0 aromatic carbocycles. The SMILES string of the molecule is CCCCC/C=C/C/C(C)=C/C/C=C(\C)C(=O)OC. The van der Waals surface area contributed by atoms with E-state index in [1.165, 1.54) is 38.4 Å². The van der Waals surface area contributed by atoms with Crippen molar-refractivity contribution in [3.63, 3.8) is 0 Å². The minimum Gasteiger partial charge on any atom is -0.466 e. The molecular weight excluding hydrogens is 236 g/mol. The Labute approximate surface area is 118 Å². The van der Waals surface area contributed by atoms with E-state index in [1.807, 2.05) is 6.08 Å².